The van der Waals surface area contributed by atoms with Crippen molar-refractivity contribution < 1.29 is 17.9 Å². The molecule has 1 atom stereocenters. The highest BCUT2D eigenvalue weighted by Crippen LogP contribution is 2.28. The summed E-state index contributed by atoms with van der Waals surface area (Å²) in [6.07, 6.45) is 2.50. The number of nitrogens with one attached hydrogen (secondary N) is 1. The number of hydrogen-bond acceptors (Lipinski definition) is 5. The number of benzene rings is 2. The van der Waals surface area contributed by atoms with E-state index in [1.807, 2.05) is 43.3 Å². The number of piperidine rings is 1. The molecule has 0 aromatic heterocycles. The van der Waals surface area contributed by atoms with Crippen LogP contribution < -0.4 is 15.0 Å². The molecule has 2 aromatic carbocycles. The Morgan fingerprint density at radius 2 is 1.77 bits per heavy atom. The first-order valence-electron chi connectivity index (χ1n) is 10.0. The van der Waals surface area contributed by atoms with Crippen molar-refractivity contribution in [1.29, 1.82) is 0 Å². The van der Waals surface area contributed by atoms with Crippen LogP contribution in [0.4, 0.5) is 11.4 Å². The van der Waals surface area contributed by atoms with E-state index in [9.17, 15) is 13.2 Å². The van der Waals surface area contributed by atoms with Gasteiger partial charge < -0.3 is 15.0 Å². The largest absolute Gasteiger partial charge is 0.497 e. The highest BCUT2D eigenvalue weighted by Gasteiger charge is 2.34. The Morgan fingerprint density at radius 3 is 2.37 bits per heavy atom. The van der Waals surface area contributed by atoms with Gasteiger partial charge in [0.2, 0.25) is 15.9 Å². The third-order valence-corrected chi connectivity index (χ3v) is 7.29. The fraction of sp³-hybridized carbons (Fsp3) is 0.409. The summed E-state index contributed by atoms with van der Waals surface area (Å²) in [6, 6.07) is 13.6. The Kier molecular flexibility index (Phi) is 6.99. The van der Waals surface area contributed by atoms with Crippen LogP contribution in [0.5, 0.6) is 5.75 Å². The van der Waals surface area contributed by atoms with Crippen molar-refractivity contribution in [2.75, 3.05) is 38.0 Å². The molecule has 1 N–H and O–H groups in total. The molecule has 1 aliphatic heterocycles. The van der Waals surface area contributed by atoms with E-state index in [2.05, 4.69) is 5.32 Å². The van der Waals surface area contributed by atoms with Crippen molar-refractivity contribution in [3.63, 3.8) is 0 Å². The lowest BCUT2D eigenvalue weighted by atomic mass is 10.0. The average Bonchev–Trinajstić information content (AvgIpc) is 2.74. The van der Waals surface area contributed by atoms with Crippen LogP contribution in [0.3, 0.4) is 0 Å². The van der Waals surface area contributed by atoms with Gasteiger partial charge in [-0.15, -0.1) is 0 Å². The first kappa shape index (κ1) is 22.1. The van der Waals surface area contributed by atoms with Crippen LogP contribution >= 0.6 is 0 Å². The zero-order valence-corrected chi connectivity index (χ0v) is 18.5. The minimum Gasteiger partial charge on any atom is -0.497 e. The second-order valence-electron chi connectivity index (χ2n) is 7.63. The molecule has 1 aliphatic rings. The van der Waals surface area contributed by atoms with Crippen molar-refractivity contribution in [3.05, 3.63) is 48.5 Å². The summed E-state index contributed by atoms with van der Waals surface area (Å²) in [5, 5.41) is 2.89. The third-order valence-electron chi connectivity index (χ3n) is 5.33. The summed E-state index contributed by atoms with van der Waals surface area (Å²) < 4.78 is 33.0. The minimum absolute atomic E-state index is 0.130. The molecular weight excluding hydrogens is 402 g/mol. The van der Waals surface area contributed by atoms with E-state index in [1.54, 1.807) is 24.3 Å². The molecule has 8 heteroatoms. The highest BCUT2D eigenvalue weighted by atomic mass is 32.2. The molecule has 2 aromatic rings. The van der Waals surface area contributed by atoms with Crippen LogP contribution in [0.2, 0.25) is 0 Å². The van der Waals surface area contributed by atoms with E-state index in [1.165, 1.54) is 11.4 Å². The standard InChI is InChI=1S/C22H29N3O4S/c1-24(2)18-9-7-17(8-10-18)23-22(26)16-19-6-4-5-15-25(19)30(27,28)21-13-11-20(29-3)12-14-21/h7-14,19H,4-6,15-16H2,1-3H3,(H,23,26)/t19-/m1/s1. The molecule has 1 fully saturated rings. The Morgan fingerprint density at radius 1 is 1.10 bits per heavy atom. The Labute approximate surface area is 178 Å². The second kappa shape index (κ2) is 9.49. The molecule has 0 unspecified atom stereocenters. The topological polar surface area (TPSA) is 79.0 Å². The summed E-state index contributed by atoms with van der Waals surface area (Å²) in [7, 11) is 1.77. The number of sulfonamides is 1. The number of rotatable bonds is 7. The predicted molar refractivity (Wildman–Crippen MR) is 119 cm³/mol. The normalized spacial score (nSPS) is 17.4. The molecule has 3 rings (SSSR count). The molecule has 1 heterocycles. The van der Waals surface area contributed by atoms with Crippen molar-refractivity contribution >= 4 is 27.3 Å². The zero-order chi connectivity index (χ0) is 21.7. The molecular formula is C22H29N3O4S. The van der Waals surface area contributed by atoms with E-state index in [0.717, 1.165) is 18.5 Å². The van der Waals surface area contributed by atoms with Gasteiger partial charge in [-0.3, -0.25) is 4.79 Å². The van der Waals surface area contributed by atoms with Gasteiger partial charge in [-0.05, 0) is 61.4 Å². The minimum atomic E-state index is -3.68. The summed E-state index contributed by atoms with van der Waals surface area (Å²) in [4.78, 5) is 14.8. The van der Waals surface area contributed by atoms with Gasteiger partial charge in [-0.2, -0.15) is 4.31 Å². The van der Waals surface area contributed by atoms with Crippen LogP contribution in [-0.2, 0) is 14.8 Å². The van der Waals surface area contributed by atoms with Gasteiger partial charge in [-0.1, -0.05) is 6.42 Å². The fourth-order valence-electron chi connectivity index (χ4n) is 3.65. The molecule has 0 radical (unpaired) electrons. The Balaban J connectivity index is 1.70. The summed E-state index contributed by atoms with van der Waals surface area (Å²) in [5.74, 6) is 0.415. The molecule has 30 heavy (non-hydrogen) atoms. The number of ether oxygens (including phenoxy) is 1. The predicted octanol–water partition coefficient (Wildman–Crippen LogP) is 3.33. The number of nitrogens with zero attached hydrogens (tertiary/aromatic N) is 2. The lowest BCUT2D eigenvalue weighted by Crippen LogP contribution is -2.45. The van der Waals surface area contributed by atoms with E-state index in [-0.39, 0.29) is 23.3 Å². The summed E-state index contributed by atoms with van der Waals surface area (Å²) in [5.41, 5.74) is 1.74. The van der Waals surface area contributed by atoms with Gasteiger partial charge in [0.05, 0.1) is 12.0 Å². The number of methoxy groups -OCH3 is 1. The van der Waals surface area contributed by atoms with Crippen LogP contribution in [0.15, 0.2) is 53.4 Å². The van der Waals surface area contributed by atoms with E-state index in [4.69, 9.17) is 4.74 Å². The SMILES string of the molecule is COc1ccc(S(=O)(=O)N2CCCC[C@@H]2CC(=O)Nc2ccc(N(C)C)cc2)cc1. The fourth-order valence-corrected chi connectivity index (χ4v) is 5.34. The molecule has 0 aliphatic carbocycles. The molecule has 0 spiro atoms. The number of anilines is 2. The maximum atomic E-state index is 13.2. The molecule has 162 valence electrons. The zero-order valence-electron chi connectivity index (χ0n) is 17.7. The molecule has 7 nitrogen and oxygen atoms in total. The van der Waals surface area contributed by atoms with Crippen molar-refractivity contribution in [1.82, 2.24) is 4.31 Å². The van der Waals surface area contributed by atoms with Crippen LogP contribution in [0.25, 0.3) is 0 Å². The molecule has 1 amide bonds. The quantitative estimate of drug-likeness (QED) is 0.727. The first-order chi connectivity index (χ1) is 14.3. The number of carbonyl (C=O) groups is 1. The van der Waals surface area contributed by atoms with Crippen molar-refractivity contribution in [2.45, 2.75) is 36.6 Å². The van der Waals surface area contributed by atoms with Gasteiger partial charge in [0.25, 0.3) is 0 Å². The molecule has 0 bridgehead atoms. The lowest BCUT2D eigenvalue weighted by molar-refractivity contribution is -0.117. The molecule has 0 saturated carbocycles. The second-order valence-corrected chi connectivity index (χ2v) is 9.53. The van der Waals surface area contributed by atoms with Gasteiger partial charge in [0.15, 0.2) is 0 Å². The summed E-state index contributed by atoms with van der Waals surface area (Å²) in [6.45, 7) is 0.420. The smallest absolute Gasteiger partial charge is 0.243 e. The van der Waals surface area contributed by atoms with Crippen LogP contribution in [0.1, 0.15) is 25.7 Å². The van der Waals surface area contributed by atoms with Crippen LogP contribution in [-0.4, -0.2) is 52.4 Å². The van der Waals surface area contributed by atoms with Gasteiger partial charge >= 0.3 is 0 Å². The monoisotopic (exact) mass is 431 g/mol. The third kappa shape index (κ3) is 5.12. The van der Waals surface area contributed by atoms with Gasteiger partial charge in [0, 0.05) is 44.5 Å². The Bertz CT molecular complexity index is 957. The van der Waals surface area contributed by atoms with Gasteiger partial charge in [0.1, 0.15) is 5.75 Å². The van der Waals surface area contributed by atoms with Crippen LogP contribution in [0, 0.1) is 0 Å². The number of amides is 1. The Hall–Kier alpha value is -2.58. The first-order valence-corrected chi connectivity index (χ1v) is 11.5. The maximum absolute atomic E-state index is 13.2. The highest BCUT2D eigenvalue weighted by molar-refractivity contribution is 7.89. The van der Waals surface area contributed by atoms with Crippen molar-refractivity contribution in [3.8, 4) is 5.75 Å². The number of hydrogen-bond donors (Lipinski definition) is 1. The van der Waals surface area contributed by atoms with E-state index >= 15 is 0 Å². The average molecular weight is 432 g/mol. The summed E-state index contributed by atoms with van der Waals surface area (Å²) >= 11 is 0. The van der Waals surface area contributed by atoms with Gasteiger partial charge in [-0.25, -0.2) is 8.42 Å². The maximum Gasteiger partial charge on any atom is 0.243 e. The van der Waals surface area contributed by atoms with E-state index < -0.39 is 10.0 Å². The molecule has 1 saturated heterocycles. The lowest BCUT2D eigenvalue weighted by Gasteiger charge is -2.34. The van der Waals surface area contributed by atoms with Crippen molar-refractivity contribution in [2.24, 2.45) is 0 Å². The van der Waals surface area contributed by atoms with E-state index in [0.29, 0.717) is 24.4 Å². The number of carbonyl (C=O) groups excluding carboxylic acids is 1.